The molecule has 8 heteroatoms. The standard InChI is InChI=1S/C12H15ClN2O5/c1-7(16)14-5-4-11(17)12(18)8-2-3-9(13)10(6-8)15(19)20/h2-3,6,11-12,17-18H,4-5H2,1H3,(H,14,16). The topological polar surface area (TPSA) is 113 Å². The maximum absolute atomic E-state index is 10.7. The summed E-state index contributed by atoms with van der Waals surface area (Å²) < 4.78 is 0. The number of carbonyl (C=O) groups is 1. The predicted molar refractivity (Wildman–Crippen MR) is 72.4 cm³/mol. The molecule has 110 valence electrons. The van der Waals surface area contributed by atoms with Gasteiger partial charge in [-0.3, -0.25) is 14.9 Å². The van der Waals surface area contributed by atoms with Crippen molar-refractivity contribution in [2.75, 3.05) is 6.54 Å². The Labute approximate surface area is 120 Å². The molecule has 0 saturated carbocycles. The molecule has 0 heterocycles. The van der Waals surface area contributed by atoms with Crippen LogP contribution in [0.5, 0.6) is 0 Å². The average molecular weight is 303 g/mol. The third-order valence-electron chi connectivity index (χ3n) is 2.69. The van der Waals surface area contributed by atoms with E-state index in [0.717, 1.165) is 6.07 Å². The predicted octanol–water partition coefficient (Wildman–Crippen LogP) is 1.17. The quantitative estimate of drug-likeness (QED) is 0.539. The minimum absolute atomic E-state index is 0.0429. The number of hydrogen-bond donors (Lipinski definition) is 3. The number of nitrogens with one attached hydrogen (secondary N) is 1. The second kappa shape index (κ2) is 7.18. The molecule has 1 rings (SSSR count). The van der Waals surface area contributed by atoms with Crippen LogP contribution in [0, 0.1) is 10.1 Å². The first-order valence-corrected chi connectivity index (χ1v) is 6.25. The summed E-state index contributed by atoms with van der Waals surface area (Å²) in [5.74, 6) is -0.242. The molecule has 0 radical (unpaired) electrons. The van der Waals surface area contributed by atoms with Crippen molar-refractivity contribution in [2.45, 2.75) is 25.6 Å². The molecule has 0 aromatic heterocycles. The number of rotatable bonds is 6. The van der Waals surface area contributed by atoms with Gasteiger partial charge in [-0.1, -0.05) is 17.7 Å². The van der Waals surface area contributed by atoms with Crippen LogP contribution in [0.1, 0.15) is 25.0 Å². The van der Waals surface area contributed by atoms with E-state index in [0.29, 0.717) is 0 Å². The number of nitro benzene ring substituents is 1. The van der Waals surface area contributed by atoms with Crippen molar-refractivity contribution in [3.8, 4) is 0 Å². The van der Waals surface area contributed by atoms with Crippen molar-refractivity contribution >= 4 is 23.2 Å². The van der Waals surface area contributed by atoms with Crippen LogP contribution in [0.15, 0.2) is 18.2 Å². The lowest BCUT2D eigenvalue weighted by Gasteiger charge is -2.18. The summed E-state index contributed by atoms with van der Waals surface area (Å²) in [7, 11) is 0. The van der Waals surface area contributed by atoms with E-state index in [-0.39, 0.29) is 35.1 Å². The summed E-state index contributed by atoms with van der Waals surface area (Å²) in [4.78, 5) is 20.8. The summed E-state index contributed by atoms with van der Waals surface area (Å²) in [6.07, 6.45) is -2.32. The summed E-state index contributed by atoms with van der Waals surface area (Å²) in [5.41, 5.74) is -0.145. The lowest BCUT2D eigenvalue weighted by molar-refractivity contribution is -0.384. The number of carbonyl (C=O) groups excluding carboxylic acids is 1. The summed E-state index contributed by atoms with van der Waals surface area (Å²) >= 11 is 5.66. The SMILES string of the molecule is CC(=O)NCCC(O)C(O)c1ccc(Cl)c([N+](=O)[O-])c1. The van der Waals surface area contributed by atoms with Gasteiger partial charge in [-0.2, -0.15) is 0 Å². The highest BCUT2D eigenvalue weighted by atomic mass is 35.5. The van der Waals surface area contributed by atoms with Crippen LogP contribution in [-0.4, -0.2) is 33.7 Å². The van der Waals surface area contributed by atoms with Gasteiger partial charge in [-0.25, -0.2) is 0 Å². The molecule has 0 aliphatic rings. The fourth-order valence-corrected chi connectivity index (χ4v) is 1.82. The first-order chi connectivity index (χ1) is 9.32. The van der Waals surface area contributed by atoms with Crippen LogP contribution < -0.4 is 5.32 Å². The zero-order chi connectivity index (χ0) is 15.3. The molecule has 3 N–H and O–H groups in total. The first kappa shape index (κ1) is 16.4. The zero-order valence-corrected chi connectivity index (χ0v) is 11.5. The number of nitro groups is 1. The van der Waals surface area contributed by atoms with E-state index in [4.69, 9.17) is 11.6 Å². The minimum atomic E-state index is -1.29. The Morgan fingerprint density at radius 1 is 1.50 bits per heavy atom. The van der Waals surface area contributed by atoms with E-state index < -0.39 is 17.1 Å². The first-order valence-electron chi connectivity index (χ1n) is 5.87. The molecule has 0 bridgehead atoms. The summed E-state index contributed by atoms with van der Waals surface area (Å²) in [5, 5.41) is 32.9. The molecule has 0 aliphatic heterocycles. The Hall–Kier alpha value is -1.70. The Morgan fingerprint density at radius 2 is 2.15 bits per heavy atom. The Balaban J connectivity index is 2.76. The van der Waals surface area contributed by atoms with Crippen LogP contribution in [0.4, 0.5) is 5.69 Å². The fourth-order valence-electron chi connectivity index (χ4n) is 1.63. The molecule has 0 aliphatic carbocycles. The second-order valence-electron chi connectivity index (χ2n) is 4.25. The maximum atomic E-state index is 10.7. The van der Waals surface area contributed by atoms with Crippen molar-refractivity contribution < 1.29 is 19.9 Å². The van der Waals surface area contributed by atoms with E-state index in [1.807, 2.05) is 0 Å². The molecule has 0 spiro atoms. The molecule has 1 aromatic carbocycles. The molecule has 2 unspecified atom stereocenters. The van der Waals surface area contributed by atoms with Gasteiger partial charge in [0.05, 0.1) is 11.0 Å². The Kier molecular flexibility index (Phi) is 5.87. The van der Waals surface area contributed by atoms with E-state index in [1.165, 1.54) is 19.1 Å². The van der Waals surface area contributed by atoms with E-state index >= 15 is 0 Å². The minimum Gasteiger partial charge on any atom is -0.390 e. The molecular formula is C12H15ClN2O5. The van der Waals surface area contributed by atoms with Crippen LogP contribution >= 0.6 is 11.6 Å². The van der Waals surface area contributed by atoms with Gasteiger partial charge in [0, 0.05) is 19.5 Å². The van der Waals surface area contributed by atoms with Crippen molar-refractivity contribution in [3.05, 3.63) is 38.9 Å². The van der Waals surface area contributed by atoms with E-state index in [9.17, 15) is 25.1 Å². The van der Waals surface area contributed by atoms with Crippen LogP contribution in [0.25, 0.3) is 0 Å². The van der Waals surface area contributed by atoms with E-state index in [1.54, 1.807) is 0 Å². The fraction of sp³-hybridized carbons (Fsp3) is 0.417. The van der Waals surface area contributed by atoms with Gasteiger partial charge in [0.2, 0.25) is 5.91 Å². The van der Waals surface area contributed by atoms with Gasteiger partial charge >= 0.3 is 0 Å². The zero-order valence-electron chi connectivity index (χ0n) is 10.7. The molecule has 7 nitrogen and oxygen atoms in total. The normalized spacial score (nSPS) is 13.6. The van der Waals surface area contributed by atoms with Crippen LogP contribution in [0.2, 0.25) is 5.02 Å². The highest BCUT2D eigenvalue weighted by Crippen LogP contribution is 2.29. The van der Waals surface area contributed by atoms with Crippen molar-refractivity contribution in [2.24, 2.45) is 0 Å². The highest BCUT2D eigenvalue weighted by molar-refractivity contribution is 6.32. The van der Waals surface area contributed by atoms with Gasteiger partial charge in [-0.15, -0.1) is 0 Å². The van der Waals surface area contributed by atoms with Crippen LogP contribution in [0.3, 0.4) is 0 Å². The number of nitrogens with zero attached hydrogens (tertiary/aromatic N) is 1. The number of halogens is 1. The average Bonchev–Trinajstić information content (AvgIpc) is 2.37. The second-order valence-corrected chi connectivity index (χ2v) is 4.66. The van der Waals surface area contributed by atoms with Gasteiger partial charge in [0.25, 0.3) is 5.69 Å². The molecular weight excluding hydrogens is 288 g/mol. The van der Waals surface area contributed by atoms with Crippen molar-refractivity contribution in [1.82, 2.24) is 5.32 Å². The van der Waals surface area contributed by atoms with Gasteiger partial charge < -0.3 is 15.5 Å². The van der Waals surface area contributed by atoms with Crippen LogP contribution in [-0.2, 0) is 4.79 Å². The van der Waals surface area contributed by atoms with Gasteiger partial charge in [0.15, 0.2) is 0 Å². The van der Waals surface area contributed by atoms with Crippen molar-refractivity contribution in [1.29, 1.82) is 0 Å². The Bertz CT molecular complexity index is 509. The largest absolute Gasteiger partial charge is 0.390 e. The van der Waals surface area contributed by atoms with Gasteiger partial charge in [-0.05, 0) is 18.1 Å². The lowest BCUT2D eigenvalue weighted by Crippen LogP contribution is -2.27. The monoisotopic (exact) mass is 302 g/mol. The van der Waals surface area contributed by atoms with E-state index in [2.05, 4.69) is 5.32 Å². The third-order valence-corrected chi connectivity index (χ3v) is 3.01. The van der Waals surface area contributed by atoms with Gasteiger partial charge in [0.1, 0.15) is 11.1 Å². The number of benzene rings is 1. The molecule has 1 aromatic rings. The lowest BCUT2D eigenvalue weighted by atomic mass is 10.0. The number of aliphatic hydroxyl groups is 2. The molecule has 2 atom stereocenters. The highest BCUT2D eigenvalue weighted by Gasteiger charge is 2.22. The number of amides is 1. The van der Waals surface area contributed by atoms with Crippen molar-refractivity contribution in [3.63, 3.8) is 0 Å². The number of hydrogen-bond acceptors (Lipinski definition) is 5. The molecule has 0 saturated heterocycles. The number of aliphatic hydroxyl groups excluding tert-OH is 2. The Morgan fingerprint density at radius 3 is 2.70 bits per heavy atom. The molecule has 1 amide bonds. The summed E-state index contributed by atoms with van der Waals surface area (Å²) in [6, 6.07) is 3.81. The smallest absolute Gasteiger partial charge is 0.288 e. The molecule has 0 fully saturated rings. The summed E-state index contributed by atoms with van der Waals surface area (Å²) in [6.45, 7) is 1.54. The third kappa shape index (κ3) is 4.44. The maximum Gasteiger partial charge on any atom is 0.288 e. The molecule has 20 heavy (non-hydrogen) atoms.